The van der Waals surface area contributed by atoms with E-state index in [2.05, 4.69) is 5.32 Å². The second-order valence-electron chi connectivity index (χ2n) is 4.58. The lowest BCUT2D eigenvalue weighted by atomic mass is 10.1. The normalized spacial score (nSPS) is 13.2. The monoisotopic (exact) mass is 279 g/mol. The van der Waals surface area contributed by atoms with Crippen LogP contribution >= 0.6 is 0 Å². The highest BCUT2D eigenvalue weighted by Crippen LogP contribution is 2.08. The molecule has 5 nitrogen and oxygen atoms in total. The number of nitrogens with one attached hydrogen (secondary N) is 1. The van der Waals surface area contributed by atoms with E-state index in [1.54, 1.807) is 38.1 Å². The molecule has 0 spiro atoms. The van der Waals surface area contributed by atoms with Crippen LogP contribution in [0.2, 0.25) is 0 Å². The molecule has 2 atom stereocenters. The third kappa shape index (κ3) is 5.73. The van der Waals surface area contributed by atoms with Crippen molar-refractivity contribution in [1.82, 2.24) is 5.32 Å². The molecule has 1 N–H and O–H groups in total. The van der Waals surface area contributed by atoms with Gasteiger partial charge in [-0.1, -0.05) is 18.2 Å². The first-order valence-electron chi connectivity index (χ1n) is 6.72. The van der Waals surface area contributed by atoms with Crippen molar-refractivity contribution in [1.29, 1.82) is 0 Å². The van der Waals surface area contributed by atoms with Crippen molar-refractivity contribution in [2.24, 2.45) is 0 Å². The van der Waals surface area contributed by atoms with Crippen molar-refractivity contribution < 1.29 is 19.1 Å². The fourth-order valence-electron chi connectivity index (χ4n) is 1.80. The Morgan fingerprint density at radius 2 is 1.85 bits per heavy atom. The molecule has 0 heterocycles. The summed E-state index contributed by atoms with van der Waals surface area (Å²) in [4.78, 5) is 23.1. The maximum atomic E-state index is 11.8. The van der Waals surface area contributed by atoms with Gasteiger partial charge in [0.05, 0.1) is 12.2 Å². The SMILES string of the molecule is CCOC(=O)NC(C)CC(C)OC(=O)c1ccccc1. The molecule has 110 valence electrons. The van der Waals surface area contributed by atoms with Gasteiger partial charge in [0, 0.05) is 12.5 Å². The van der Waals surface area contributed by atoms with E-state index < -0.39 is 6.09 Å². The lowest BCUT2D eigenvalue weighted by Crippen LogP contribution is -2.36. The molecule has 2 unspecified atom stereocenters. The smallest absolute Gasteiger partial charge is 0.407 e. The number of carbonyl (C=O) groups is 2. The number of hydrogen-bond donors (Lipinski definition) is 1. The summed E-state index contributed by atoms with van der Waals surface area (Å²) in [6, 6.07) is 8.68. The number of alkyl carbamates (subject to hydrolysis) is 1. The molecule has 1 aromatic carbocycles. The molecule has 0 aliphatic rings. The van der Waals surface area contributed by atoms with E-state index >= 15 is 0 Å². The van der Waals surface area contributed by atoms with Crippen molar-refractivity contribution in [3.8, 4) is 0 Å². The van der Waals surface area contributed by atoms with Crippen LogP contribution < -0.4 is 5.32 Å². The minimum absolute atomic E-state index is 0.132. The molecule has 1 amide bonds. The number of benzene rings is 1. The number of carbonyl (C=O) groups excluding carboxylic acids is 2. The van der Waals surface area contributed by atoms with Gasteiger partial charge in [-0.25, -0.2) is 9.59 Å². The van der Waals surface area contributed by atoms with Crippen LogP contribution in [0.1, 0.15) is 37.6 Å². The number of ether oxygens (including phenoxy) is 2. The van der Waals surface area contributed by atoms with Gasteiger partial charge in [0.2, 0.25) is 0 Å². The van der Waals surface area contributed by atoms with Crippen LogP contribution in [0.4, 0.5) is 4.79 Å². The van der Waals surface area contributed by atoms with Gasteiger partial charge in [-0.2, -0.15) is 0 Å². The van der Waals surface area contributed by atoms with Gasteiger partial charge in [-0.3, -0.25) is 0 Å². The summed E-state index contributed by atoms with van der Waals surface area (Å²) in [5.41, 5.74) is 0.519. The summed E-state index contributed by atoms with van der Waals surface area (Å²) in [5.74, 6) is -0.360. The van der Waals surface area contributed by atoms with Gasteiger partial charge >= 0.3 is 12.1 Å². The average Bonchev–Trinajstić information content (AvgIpc) is 2.39. The molecule has 0 saturated heterocycles. The average molecular weight is 279 g/mol. The first-order valence-corrected chi connectivity index (χ1v) is 6.72. The second kappa shape index (κ2) is 8.19. The van der Waals surface area contributed by atoms with Gasteiger partial charge in [-0.15, -0.1) is 0 Å². The van der Waals surface area contributed by atoms with Crippen LogP contribution in [0.15, 0.2) is 30.3 Å². The first-order chi connectivity index (χ1) is 9.52. The zero-order valence-corrected chi connectivity index (χ0v) is 12.1. The maximum absolute atomic E-state index is 11.8. The predicted octanol–water partition coefficient (Wildman–Crippen LogP) is 2.76. The fourth-order valence-corrected chi connectivity index (χ4v) is 1.80. The van der Waals surface area contributed by atoms with E-state index in [1.807, 2.05) is 13.0 Å². The lowest BCUT2D eigenvalue weighted by Gasteiger charge is -2.18. The van der Waals surface area contributed by atoms with Gasteiger partial charge < -0.3 is 14.8 Å². The molecule has 5 heteroatoms. The molecule has 0 aliphatic heterocycles. The molecular weight excluding hydrogens is 258 g/mol. The summed E-state index contributed by atoms with van der Waals surface area (Å²) in [7, 11) is 0. The van der Waals surface area contributed by atoms with Crippen molar-refractivity contribution in [2.75, 3.05) is 6.61 Å². The number of rotatable bonds is 6. The molecule has 0 aliphatic carbocycles. The van der Waals surface area contributed by atoms with Gasteiger partial charge in [-0.05, 0) is 32.9 Å². The van der Waals surface area contributed by atoms with E-state index in [9.17, 15) is 9.59 Å². The van der Waals surface area contributed by atoms with E-state index in [4.69, 9.17) is 9.47 Å². The number of amides is 1. The largest absolute Gasteiger partial charge is 0.459 e. The molecule has 20 heavy (non-hydrogen) atoms. The lowest BCUT2D eigenvalue weighted by molar-refractivity contribution is 0.0307. The zero-order chi connectivity index (χ0) is 15.0. The van der Waals surface area contributed by atoms with E-state index in [-0.39, 0.29) is 18.1 Å². The summed E-state index contributed by atoms with van der Waals surface area (Å²) in [6.45, 7) is 5.71. The Bertz CT molecular complexity index is 433. The number of hydrogen-bond acceptors (Lipinski definition) is 4. The minimum atomic E-state index is -0.457. The highest BCUT2D eigenvalue weighted by molar-refractivity contribution is 5.89. The topological polar surface area (TPSA) is 64.6 Å². The van der Waals surface area contributed by atoms with E-state index in [0.717, 1.165) is 0 Å². The maximum Gasteiger partial charge on any atom is 0.407 e. The summed E-state index contributed by atoms with van der Waals surface area (Å²) in [5, 5.41) is 2.67. The molecule has 0 bridgehead atoms. The molecule has 0 fully saturated rings. The molecular formula is C15H21NO4. The van der Waals surface area contributed by atoms with Crippen LogP contribution in [0, 0.1) is 0 Å². The summed E-state index contributed by atoms with van der Waals surface area (Å²) in [6.07, 6.45) is -0.224. The van der Waals surface area contributed by atoms with Gasteiger partial charge in [0.15, 0.2) is 0 Å². The molecule has 1 aromatic rings. The van der Waals surface area contributed by atoms with E-state index in [1.165, 1.54) is 0 Å². The standard InChI is InChI=1S/C15H21NO4/c1-4-19-15(18)16-11(2)10-12(3)20-14(17)13-8-6-5-7-9-13/h5-9,11-12H,4,10H2,1-3H3,(H,16,18). The molecule has 0 aromatic heterocycles. The highest BCUT2D eigenvalue weighted by Gasteiger charge is 2.16. The quantitative estimate of drug-likeness (QED) is 0.813. The third-order valence-electron chi connectivity index (χ3n) is 2.64. The Hall–Kier alpha value is -2.04. The van der Waals surface area contributed by atoms with Crippen molar-refractivity contribution >= 4 is 12.1 Å². The van der Waals surface area contributed by atoms with Crippen LogP contribution in [0.5, 0.6) is 0 Å². The Balaban J connectivity index is 2.38. The number of esters is 1. The summed E-state index contributed by atoms with van der Waals surface area (Å²) < 4.78 is 10.1. The molecule has 0 radical (unpaired) electrons. The van der Waals surface area contributed by atoms with Gasteiger partial charge in [0.25, 0.3) is 0 Å². The van der Waals surface area contributed by atoms with Crippen LogP contribution in [-0.2, 0) is 9.47 Å². The van der Waals surface area contributed by atoms with Crippen molar-refractivity contribution in [2.45, 2.75) is 39.3 Å². The van der Waals surface area contributed by atoms with Gasteiger partial charge in [0.1, 0.15) is 6.10 Å². The third-order valence-corrected chi connectivity index (χ3v) is 2.64. The zero-order valence-electron chi connectivity index (χ0n) is 12.1. The Morgan fingerprint density at radius 3 is 2.45 bits per heavy atom. The first kappa shape index (κ1) is 16.0. The van der Waals surface area contributed by atoms with Crippen LogP contribution in [0.25, 0.3) is 0 Å². The van der Waals surface area contributed by atoms with Crippen LogP contribution in [0.3, 0.4) is 0 Å². The fraction of sp³-hybridized carbons (Fsp3) is 0.467. The molecule has 0 saturated carbocycles. The Kier molecular flexibility index (Phi) is 6.56. The van der Waals surface area contributed by atoms with Crippen LogP contribution in [-0.4, -0.2) is 30.8 Å². The Labute approximate surface area is 119 Å². The molecule has 1 rings (SSSR count). The van der Waals surface area contributed by atoms with Crippen molar-refractivity contribution in [3.63, 3.8) is 0 Å². The summed E-state index contributed by atoms with van der Waals surface area (Å²) >= 11 is 0. The van der Waals surface area contributed by atoms with E-state index in [0.29, 0.717) is 18.6 Å². The Morgan fingerprint density at radius 1 is 1.20 bits per heavy atom. The van der Waals surface area contributed by atoms with Crippen molar-refractivity contribution in [3.05, 3.63) is 35.9 Å². The second-order valence-corrected chi connectivity index (χ2v) is 4.58. The predicted molar refractivity (Wildman–Crippen MR) is 75.6 cm³/mol. The highest BCUT2D eigenvalue weighted by atomic mass is 16.5. The minimum Gasteiger partial charge on any atom is -0.459 e.